The van der Waals surface area contributed by atoms with Crippen molar-refractivity contribution in [3.63, 3.8) is 0 Å². The number of hydrogen-bond acceptors (Lipinski definition) is 5. The van der Waals surface area contributed by atoms with Crippen molar-refractivity contribution >= 4 is 44.0 Å². The van der Waals surface area contributed by atoms with E-state index in [1.165, 1.54) is 13.8 Å². The molecule has 9 heteroatoms. The van der Waals surface area contributed by atoms with E-state index in [2.05, 4.69) is 10.3 Å². The molecule has 0 saturated carbocycles. The number of Topliss-reactive ketones (excluding diaryl/α,β-unsaturated/α-hetero) is 1. The molecule has 170 valence electrons. The van der Waals surface area contributed by atoms with Crippen LogP contribution < -0.4 is 5.32 Å². The molecule has 1 aromatic heterocycles. The second-order valence-corrected chi connectivity index (χ2v) is 10.9. The third-order valence-corrected chi connectivity index (χ3v) is 7.57. The zero-order chi connectivity index (χ0) is 23.5. The third kappa shape index (κ3) is 5.76. The maximum absolute atomic E-state index is 12.9. The van der Waals surface area contributed by atoms with Crippen LogP contribution in [0.2, 0.25) is 5.02 Å². The molecule has 0 spiro atoms. The van der Waals surface area contributed by atoms with Crippen molar-refractivity contribution in [1.82, 2.24) is 10.3 Å². The Morgan fingerprint density at radius 3 is 2.44 bits per heavy atom. The molecule has 2 aromatic carbocycles. The molecule has 0 aliphatic heterocycles. The average Bonchev–Trinajstić information content (AvgIpc) is 3.16. The highest BCUT2D eigenvalue weighted by atomic mass is 35.5. The number of amides is 1. The zero-order valence-electron chi connectivity index (χ0n) is 17.7. The van der Waals surface area contributed by atoms with Crippen molar-refractivity contribution in [1.29, 1.82) is 0 Å². The minimum atomic E-state index is -3.69. The van der Waals surface area contributed by atoms with E-state index in [0.29, 0.717) is 10.5 Å². The van der Waals surface area contributed by atoms with Crippen LogP contribution in [0.15, 0.2) is 54.6 Å². The van der Waals surface area contributed by atoms with Crippen LogP contribution in [0.3, 0.4) is 0 Å². The van der Waals surface area contributed by atoms with Crippen LogP contribution in [0.5, 0.6) is 0 Å². The van der Waals surface area contributed by atoms with E-state index in [4.69, 9.17) is 11.6 Å². The molecule has 2 atom stereocenters. The van der Waals surface area contributed by atoms with Gasteiger partial charge in [-0.2, -0.15) is 0 Å². The van der Waals surface area contributed by atoms with Crippen molar-refractivity contribution in [3.05, 3.63) is 70.9 Å². The molecule has 7 nitrogen and oxygen atoms in total. The Bertz CT molecular complexity index is 1220. The number of rotatable bonds is 9. The zero-order valence-corrected chi connectivity index (χ0v) is 19.3. The Balaban J connectivity index is 1.84. The van der Waals surface area contributed by atoms with Gasteiger partial charge in [-0.15, -0.1) is 0 Å². The topological polar surface area (TPSA) is 116 Å². The molecule has 0 aliphatic carbocycles. The summed E-state index contributed by atoms with van der Waals surface area (Å²) in [6, 6.07) is 14.8. The molecule has 0 bridgehead atoms. The molecule has 0 radical (unpaired) electrons. The largest absolute Gasteiger partial charge is 0.383 e. The summed E-state index contributed by atoms with van der Waals surface area (Å²) in [6.07, 6.45) is -1.54. The van der Waals surface area contributed by atoms with Gasteiger partial charge in [0.25, 0.3) is 5.91 Å². The van der Waals surface area contributed by atoms with Gasteiger partial charge < -0.3 is 15.4 Å². The molecular formula is C23H25ClN2O5S. The predicted octanol–water partition coefficient (Wildman–Crippen LogP) is 2.92. The molecule has 0 saturated heterocycles. The summed E-state index contributed by atoms with van der Waals surface area (Å²) >= 11 is 6.00. The summed E-state index contributed by atoms with van der Waals surface area (Å²) in [4.78, 5) is 28.5. The fourth-order valence-electron chi connectivity index (χ4n) is 3.26. The normalized spacial score (nSPS) is 13.8. The van der Waals surface area contributed by atoms with Gasteiger partial charge in [-0.05, 0) is 50.1 Å². The number of aliphatic hydroxyl groups is 1. The number of aromatic nitrogens is 1. The first-order chi connectivity index (χ1) is 15.1. The van der Waals surface area contributed by atoms with Gasteiger partial charge in [-0.1, -0.05) is 41.9 Å². The molecular weight excluding hydrogens is 452 g/mol. The van der Waals surface area contributed by atoms with Gasteiger partial charge in [0, 0.05) is 15.9 Å². The lowest BCUT2D eigenvalue weighted by Gasteiger charge is -2.23. The Kier molecular flexibility index (Phi) is 7.38. The minimum Gasteiger partial charge on any atom is -0.383 e. The summed E-state index contributed by atoms with van der Waals surface area (Å²) < 4.78 is 24.3. The predicted molar refractivity (Wildman–Crippen MR) is 125 cm³/mol. The lowest BCUT2D eigenvalue weighted by molar-refractivity contribution is -0.125. The minimum absolute atomic E-state index is 0.146. The van der Waals surface area contributed by atoms with Crippen LogP contribution in [-0.2, 0) is 21.1 Å². The highest BCUT2D eigenvalue weighted by Crippen LogP contribution is 2.20. The van der Waals surface area contributed by atoms with E-state index >= 15 is 0 Å². The smallest absolute Gasteiger partial charge is 0.268 e. The fourth-order valence-corrected chi connectivity index (χ4v) is 4.34. The number of carbonyl (C=O) groups excluding carboxylic acids is 2. The highest BCUT2D eigenvalue weighted by molar-refractivity contribution is 7.92. The number of ketones is 1. The quantitative estimate of drug-likeness (QED) is 0.439. The Morgan fingerprint density at radius 2 is 1.78 bits per heavy atom. The molecule has 1 heterocycles. The number of hydrogen-bond donors (Lipinski definition) is 3. The molecule has 2 unspecified atom stereocenters. The molecule has 0 fully saturated rings. The Hall–Kier alpha value is -2.68. The van der Waals surface area contributed by atoms with Gasteiger partial charge in [0.1, 0.15) is 17.6 Å². The number of aromatic amines is 1. The highest BCUT2D eigenvalue weighted by Gasteiger charge is 2.32. The van der Waals surface area contributed by atoms with E-state index in [1.54, 1.807) is 48.5 Å². The first kappa shape index (κ1) is 24.0. The van der Waals surface area contributed by atoms with E-state index < -0.39 is 44.7 Å². The molecule has 1 amide bonds. The lowest BCUT2D eigenvalue weighted by Crippen LogP contribution is -2.50. The average molecular weight is 477 g/mol. The van der Waals surface area contributed by atoms with Gasteiger partial charge in [0.05, 0.1) is 11.3 Å². The first-order valence-electron chi connectivity index (χ1n) is 10.1. The van der Waals surface area contributed by atoms with Crippen molar-refractivity contribution < 1.29 is 23.1 Å². The van der Waals surface area contributed by atoms with Gasteiger partial charge in [-0.25, -0.2) is 8.42 Å². The van der Waals surface area contributed by atoms with Crippen LogP contribution in [0.1, 0.15) is 29.9 Å². The molecule has 32 heavy (non-hydrogen) atoms. The molecule has 3 N–H and O–H groups in total. The van der Waals surface area contributed by atoms with Crippen LogP contribution in [0.25, 0.3) is 10.9 Å². The number of carbonyl (C=O) groups is 2. The van der Waals surface area contributed by atoms with Gasteiger partial charge in [-0.3, -0.25) is 9.59 Å². The van der Waals surface area contributed by atoms with Gasteiger partial charge in [0.2, 0.25) is 0 Å². The van der Waals surface area contributed by atoms with Crippen molar-refractivity contribution in [2.24, 2.45) is 0 Å². The summed E-state index contributed by atoms with van der Waals surface area (Å²) in [5.74, 6) is -2.18. The van der Waals surface area contributed by atoms with E-state index in [-0.39, 0.29) is 12.1 Å². The lowest BCUT2D eigenvalue weighted by atomic mass is 9.99. The summed E-state index contributed by atoms with van der Waals surface area (Å²) in [5, 5.41) is 13.9. The summed E-state index contributed by atoms with van der Waals surface area (Å²) in [5.41, 5.74) is 1.72. The monoisotopic (exact) mass is 476 g/mol. The number of sulfone groups is 1. The number of nitrogens with one attached hydrogen (secondary N) is 2. The number of aliphatic hydroxyl groups excluding tert-OH is 1. The Labute approximate surface area is 191 Å². The van der Waals surface area contributed by atoms with E-state index in [9.17, 15) is 23.1 Å². The number of halogens is 1. The number of benzene rings is 2. The second-order valence-electron chi connectivity index (χ2n) is 7.95. The van der Waals surface area contributed by atoms with E-state index in [0.717, 1.165) is 10.9 Å². The SMILES string of the molecule is CC(C)S(=O)(=O)CC(=O)C(O)C(Cc1ccccc1)NC(=O)c1cc2cc(Cl)ccc2[nH]1. The molecule has 3 aromatic rings. The fraction of sp³-hybridized carbons (Fsp3) is 0.304. The first-order valence-corrected chi connectivity index (χ1v) is 12.2. The van der Waals surface area contributed by atoms with Crippen molar-refractivity contribution in [2.75, 3.05) is 5.75 Å². The summed E-state index contributed by atoms with van der Waals surface area (Å²) in [6.45, 7) is 2.95. The number of fused-ring (bicyclic) bond motifs is 1. The number of H-pyrrole nitrogens is 1. The Morgan fingerprint density at radius 1 is 1.09 bits per heavy atom. The molecule has 0 aliphatic rings. The summed E-state index contributed by atoms with van der Waals surface area (Å²) in [7, 11) is -3.69. The van der Waals surface area contributed by atoms with Gasteiger partial charge in [0.15, 0.2) is 15.6 Å². The van der Waals surface area contributed by atoms with Crippen LogP contribution in [0, 0.1) is 0 Å². The van der Waals surface area contributed by atoms with Gasteiger partial charge >= 0.3 is 0 Å². The van der Waals surface area contributed by atoms with Crippen molar-refractivity contribution in [2.45, 2.75) is 37.7 Å². The standard InChI is InChI=1S/C23H25ClN2O5S/c1-14(2)32(30,31)13-21(27)22(28)19(10-15-6-4-3-5-7-15)26-23(29)20-12-16-11-17(24)8-9-18(16)25-20/h3-9,11-12,14,19,22,25,28H,10,13H2,1-2H3,(H,26,29). The maximum Gasteiger partial charge on any atom is 0.268 e. The van der Waals surface area contributed by atoms with E-state index in [1.807, 2.05) is 6.07 Å². The molecule has 3 rings (SSSR count). The van der Waals surface area contributed by atoms with Crippen LogP contribution in [0.4, 0.5) is 0 Å². The maximum atomic E-state index is 12.9. The third-order valence-electron chi connectivity index (χ3n) is 5.22. The van der Waals surface area contributed by atoms with Crippen molar-refractivity contribution in [3.8, 4) is 0 Å². The van der Waals surface area contributed by atoms with Crippen LogP contribution >= 0.6 is 11.6 Å². The second kappa shape index (κ2) is 9.85. The van der Waals surface area contributed by atoms with Crippen LogP contribution in [-0.4, -0.2) is 53.3 Å².